The zero-order chi connectivity index (χ0) is 46.6. The van der Waals surface area contributed by atoms with E-state index in [4.69, 9.17) is 9.72 Å². The predicted octanol–water partition coefficient (Wildman–Crippen LogP) is 6.82. The number of pyridine rings is 1. The number of alkyl halides is 5. The van der Waals surface area contributed by atoms with Crippen LogP contribution < -0.4 is 15.5 Å². The van der Waals surface area contributed by atoms with Crippen LogP contribution >= 0.6 is 0 Å². The van der Waals surface area contributed by atoms with Gasteiger partial charge in [0, 0.05) is 85.8 Å². The molecule has 11 nitrogen and oxygen atoms in total. The molecule has 0 radical (unpaired) electrons. The van der Waals surface area contributed by atoms with Gasteiger partial charge in [-0.3, -0.25) is 14.5 Å². The molecule has 2 aromatic heterocycles. The lowest BCUT2D eigenvalue weighted by molar-refractivity contribution is -0.221. The van der Waals surface area contributed by atoms with Crippen LogP contribution in [0.2, 0.25) is 0 Å². The van der Waals surface area contributed by atoms with Crippen molar-refractivity contribution >= 4 is 17.5 Å². The number of Topliss-reactive ketones (excluding diaryl/α,β-unsaturated/α-hetero) is 1. The molecule has 3 aliphatic rings. The molecule has 3 fully saturated rings. The summed E-state index contributed by atoms with van der Waals surface area (Å²) in [6, 6.07) is 13.4. The molecule has 3 N–H and O–H groups in total. The van der Waals surface area contributed by atoms with Gasteiger partial charge in [-0.05, 0) is 87.1 Å². The van der Waals surface area contributed by atoms with Crippen molar-refractivity contribution < 1.29 is 50.2 Å². The highest BCUT2D eigenvalue weighted by Gasteiger charge is 2.55. The van der Waals surface area contributed by atoms with Crippen molar-refractivity contribution in [3.8, 4) is 23.1 Å². The van der Waals surface area contributed by atoms with E-state index >= 15 is 8.78 Å². The third kappa shape index (κ3) is 11.0. The largest absolute Gasteiger partial charge is 0.396 e. The van der Waals surface area contributed by atoms with E-state index in [2.05, 4.69) is 37.4 Å². The molecule has 0 aliphatic carbocycles. The van der Waals surface area contributed by atoms with Crippen LogP contribution in [0.15, 0.2) is 67.0 Å². The van der Waals surface area contributed by atoms with Gasteiger partial charge < -0.3 is 25.4 Å². The molecule has 2 bridgehead atoms. The van der Waals surface area contributed by atoms with Crippen LogP contribution in [0.1, 0.15) is 75.3 Å². The fraction of sp³-hybridized carbons (Fsp3) is 0.489. The lowest BCUT2D eigenvalue weighted by Gasteiger charge is -2.47. The van der Waals surface area contributed by atoms with Gasteiger partial charge in [-0.25, -0.2) is 18.4 Å². The highest BCUT2D eigenvalue weighted by atomic mass is 19.4. The van der Waals surface area contributed by atoms with Crippen molar-refractivity contribution in [3.63, 3.8) is 0 Å². The molecular formula is C47H52F7N7O4. The fourth-order valence-electron chi connectivity index (χ4n) is 8.78. The summed E-state index contributed by atoms with van der Waals surface area (Å²) in [5.41, 5.74) is -1.29. The summed E-state index contributed by atoms with van der Waals surface area (Å²) in [5.74, 6) is 2.37. The first-order valence-electron chi connectivity index (χ1n) is 21.7. The summed E-state index contributed by atoms with van der Waals surface area (Å²) in [5, 5.41) is 20.1. The number of hydrogen-bond acceptors (Lipinski definition) is 9. The zero-order valence-electron chi connectivity index (χ0n) is 36.2. The number of nitrogens with zero attached hydrogens (tertiary/aromatic N) is 5. The third-order valence-corrected chi connectivity index (χ3v) is 12.8. The number of aliphatic hydroxyl groups is 1. The molecular weight excluding hydrogens is 860 g/mol. The number of ether oxygens (including phenoxy) is 1. The number of ketones is 1. The van der Waals surface area contributed by atoms with Gasteiger partial charge in [-0.15, -0.1) is 0 Å². The van der Waals surface area contributed by atoms with E-state index in [0.717, 1.165) is 64.3 Å². The van der Waals surface area contributed by atoms with Crippen LogP contribution in [0.4, 0.5) is 36.6 Å². The predicted molar refractivity (Wildman–Crippen MR) is 228 cm³/mol. The van der Waals surface area contributed by atoms with Gasteiger partial charge in [0.25, 0.3) is 0 Å². The number of fused-ring (bicyclic) bond motifs is 2. The van der Waals surface area contributed by atoms with Crippen molar-refractivity contribution in [1.29, 1.82) is 0 Å². The molecule has 348 valence electrons. The first-order chi connectivity index (χ1) is 30.9. The Morgan fingerprint density at radius 1 is 0.938 bits per heavy atom. The standard InChI is InChI=1S/C47H52F7N7O4/c1-4-43(64)57-44(46(2,3)47(52,53)54)40(62)20-32(41(63)23-55-22-36-37(48)18-31(19-38(36)49)39-15-16-60(58-39)45(50)51)17-29-8-5-28(6-9-29)7-10-30-11-14-42(56-21-30)59-24-33-12-13-34(25-59)61(33)35-26-65-27-35/h5-6,8-9,11,14-16,18-19,21,32-35,41,44-45,55,63H,4,12-13,17,20,22-27H2,1-3H3,(H,57,64)/t32-,33?,34?,41+,44-/m1/s1. The molecule has 18 heteroatoms. The monoisotopic (exact) mass is 911 g/mol. The van der Waals surface area contributed by atoms with Crippen molar-refractivity contribution in [1.82, 2.24) is 30.3 Å². The maximum atomic E-state index is 15.2. The Balaban J connectivity index is 1.03. The minimum absolute atomic E-state index is 0.00165. The smallest absolute Gasteiger partial charge is 0.391 e. The number of piperazine rings is 1. The third-order valence-electron chi connectivity index (χ3n) is 12.8. The number of anilines is 1. The molecule has 1 amide bonds. The molecule has 5 atom stereocenters. The number of aromatic nitrogens is 3. The van der Waals surface area contributed by atoms with Crippen LogP contribution in [0, 0.1) is 34.8 Å². The first-order valence-corrected chi connectivity index (χ1v) is 21.7. The van der Waals surface area contributed by atoms with Crippen LogP contribution in [-0.2, 0) is 27.3 Å². The Hall–Kier alpha value is -5.35. The number of rotatable bonds is 17. The minimum atomic E-state index is -4.88. The average Bonchev–Trinajstić information content (AvgIpc) is 3.84. The number of aliphatic hydroxyl groups excluding tert-OH is 1. The number of amides is 1. The molecule has 3 saturated heterocycles. The van der Waals surface area contributed by atoms with Crippen LogP contribution in [0.3, 0.4) is 0 Å². The Morgan fingerprint density at radius 3 is 2.14 bits per heavy atom. The molecule has 0 spiro atoms. The van der Waals surface area contributed by atoms with E-state index in [-0.39, 0.29) is 30.6 Å². The maximum absolute atomic E-state index is 15.2. The van der Waals surface area contributed by atoms with Crippen molar-refractivity contribution in [2.45, 2.75) is 102 Å². The van der Waals surface area contributed by atoms with Gasteiger partial charge in [0.2, 0.25) is 5.91 Å². The lowest BCUT2D eigenvalue weighted by Crippen LogP contribution is -2.62. The van der Waals surface area contributed by atoms with E-state index < -0.39 is 78.1 Å². The van der Waals surface area contributed by atoms with E-state index in [1.807, 2.05) is 12.1 Å². The number of halogens is 7. The van der Waals surface area contributed by atoms with Crippen LogP contribution in [-0.4, -0.2) is 106 Å². The fourth-order valence-corrected chi connectivity index (χ4v) is 8.78. The second-order valence-electron chi connectivity index (χ2n) is 17.6. The Kier molecular flexibility index (Phi) is 14.7. The van der Waals surface area contributed by atoms with Gasteiger partial charge >= 0.3 is 12.7 Å². The van der Waals surface area contributed by atoms with Gasteiger partial charge in [-0.1, -0.05) is 30.9 Å². The molecule has 5 heterocycles. The maximum Gasteiger partial charge on any atom is 0.396 e. The summed E-state index contributed by atoms with van der Waals surface area (Å²) in [6.45, 7) is 2.79. The summed E-state index contributed by atoms with van der Waals surface area (Å²) < 4.78 is 105. The van der Waals surface area contributed by atoms with Gasteiger partial charge in [0.15, 0.2) is 5.78 Å². The van der Waals surface area contributed by atoms with Gasteiger partial charge in [0.1, 0.15) is 23.5 Å². The van der Waals surface area contributed by atoms with E-state index in [1.165, 1.54) is 25.8 Å². The normalized spacial score (nSPS) is 19.4. The Bertz CT molecular complexity index is 2320. The highest BCUT2D eigenvalue weighted by molar-refractivity contribution is 5.90. The lowest BCUT2D eigenvalue weighted by atomic mass is 9.77. The quantitative estimate of drug-likeness (QED) is 0.0774. The Labute approximate surface area is 372 Å². The summed E-state index contributed by atoms with van der Waals surface area (Å²) in [4.78, 5) is 35.9. The van der Waals surface area contributed by atoms with Crippen molar-refractivity contribution in [2.75, 3.05) is 37.7 Å². The van der Waals surface area contributed by atoms with E-state index in [9.17, 15) is 36.6 Å². The number of benzene rings is 2. The van der Waals surface area contributed by atoms with Crippen molar-refractivity contribution in [2.24, 2.45) is 11.3 Å². The molecule has 2 unspecified atom stereocenters. The van der Waals surface area contributed by atoms with E-state index in [0.29, 0.717) is 39.5 Å². The first kappa shape index (κ1) is 47.6. The summed E-state index contributed by atoms with van der Waals surface area (Å²) in [7, 11) is 0. The Morgan fingerprint density at radius 2 is 1.58 bits per heavy atom. The number of hydrogen-bond donors (Lipinski definition) is 3. The number of nitrogens with one attached hydrogen (secondary N) is 2. The topological polar surface area (TPSA) is 125 Å². The molecule has 65 heavy (non-hydrogen) atoms. The average molecular weight is 912 g/mol. The van der Waals surface area contributed by atoms with Gasteiger partial charge in [-0.2, -0.15) is 27.1 Å². The number of carbonyl (C=O) groups excluding carboxylic acids is 2. The SMILES string of the molecule is CCC(=O)N[C@H](C(=O)C[C@@H](Cc1ccc(C#Cc2ccc(N3CC4CCC(C3)N4C3COC3)nc2)cc1)[C@@H](O)CNCc1c(F)cc(-c2ccn(C(F)F)n2)cc1F)C(C)(C)C(F)(F)F. The zero-order valence-corrected chi connectivity index (χ0v) is 36.2. The van der Waals surface area contributed by atoms with Crippen LogP contribution in [0.25, 0.3) is 11.3 Å². The van der Waals surface area contributed by atoms with E-state index in [1.54, 1.807) is 30.5 Å². The van der Waals surface area contributed by atoms with Crippen LogP contribution in [0.5, 0.6) is 0 Å². The van der Waals surface area contributed by atoms with Gasteiger partial charge in [0.05, 0.1) is 36.5 Å². The second-order valence-corrected chi connectivity index (χ2v) is 17.6. The second kappa shape index (κ2) is 20.0. The highest BCUT2D eigenvalue weighted by Crippen LogP contribution is 2.42. The van der Waals surface area contributed by atoms with Crippen molar-refractivity contribution in [3.05, 3.63) is 101 Å². The minimum Gasteiger partial charge on any atom is -0.391 e. The molecule has 2 aromatic carbocycles. The summed E-state index contributed by atoms with van der Waals surface area (Å²) >= 11 is 0. The summed E-state index contributed by atoms with van der Waals surface area (Å²) in [6.07, 6.45) is -2.02. The molecule has 3 aliphatic heterocycles. The molecule has 4 aromatic rings. The number of carbonyl (C=O) groups is 2. The molecule has 7 rings (SSSR count). The molecule has 0 saturated carbocycles.